The van der Waals surface area contributed by atoms with Gasteiger partial charge in [-0.1, -0.05) is 25.1 Å². The van der Waals surface area contributed by atoms with Crippen molar-refractivity contribution in [1.29, 1.82) is 0 Å². The van der Waals surface area contributed by atoms with E-state index >= 15 is 0 Å². The monoisotopic (exact) mass is 125 g/mol. The predicted octanol–water partition coefficient (Wildman–Crippen LogP) is 0.557. The molecule has 0 spiro atoms. The molecule has 2 N–H and O–H groups in total. The Labute approximate surface area is 58.4 Å². The molecule has 0 bridgehead atoms. The fraction of sp³-hybridized carbons (Fsp3) is 1.00. The van der Waals surface area contributed by atoms with E-state index in [1.807, 2.05) is 0 Å². The van der Waals surface area contributed by atoms with Crippen LogP contribution in [-0.4, -0.2) is 14.4 Å². The molecular weight excluding hydrogens is 109 g/mol. The van der Waals surface area contributed by atoms with Crippen LogP contribution >= 0.6 is 0 Å². The average Bonchev–Trinajstić information content (AvgIpc) is 2.17. The van der Waals surface area contributed by atoms with Crippen molar-refractivity contribution >= 4 is 7.85 Å². The number of nitrogens with two attached hydrogens (primary N) is 1. The molecule has 1 nitrogen and oxygen atoms in total. The van der Waals surface area contributed by atoms with E-state index in [-0.39, 0.29) is 0 Å². The standard InChI is InChI=1S/C7H16BN/c8-7-2-1-6(5-7)3-4-9/h6-7H,1-5,8-9H2. The van der Waals surface area contributed by atoms with E-state index in [9.17, 15) is 0 Å². The molecule has 0 heterocycles. The lowest BCUT2D eigenvalue weighted by Gasteiger charge is -2.05. The van der Waals surface area contributed by atoms with E-state index in [4.69, 9.17) is 5.73 Å². The Kier molecular flexibility index (Phi) is 2.58. The van der Waals surface area contributed by atoms with E-state index < -0.39 is 0 Å². The van der Waals surface area contributed by atoms with Crippen molar-refractivity contribution in [1.82, 2.24) is 0 Å². The summed E-state index contributed by atoms with van der Waals surface area (Å²) in [4.78, 5) is 0. The van der Waals surface area contributed by atoms with E-state index in [0.717, 1.165) is 18.3 Å². The van der Waals surface area contributed by atoms with Crippen LogP contribution < -0.4 is 5.73 Å². The van der Waals surface area contributed by atoms with Gasteiger partial charge in [-0.25, -0.2) is 0 Å². The Bertz CT molecular complexity index is 83.0. The topological polar surface area (TPSA) is 26.0 Å². The average molecular weight is 125 g/mol. The Hall–Kier alpha value is 0.0249. The summed E-state index contributed by atoms with van der Waals surface area (Å²) in [6.07, 6.45) is 5.55. The molecule has 9 heavy (non-hydrogen) atoms. The molecule has 0 amide bonds. The molecule has 1 aliphatic rings. The first-order chi connectivity index (χ1) is 4.33. The lowest BCUT2D eigenvalue weighted by molar-refractivity contribution is 0.511. The van der Waals surface area contributed by atoms with E-state index in [1.54, 1.807) is 0 Å². The van der Waals surface area contributed by atoms with Gasteiger partial charge in [0.25, 0.3) is 0 Å². The first-order valence-corrected chi connectivity index (χ1v) is 4.03. The smallest absolute Gasteiger partial charge is 0.105 e. The summed E-state index contributed by atoms with van der Waals surface area (Å²) in [7, 11) is 2.34. The van der Waals surface area contributed by atoms with Crippen molar-refractivity contribution in [3.63, 3.8) is 0 Å². The number of hydrogen-bond donors (Lipinski definition) is 1. The minimum absolute atomic E-state index is 0.886. The Morgan fingerprint density at radius 2 is 2.22 bits per heavy atom. The van der Waals surface area contributed by atoms with Crippen LogP contribution in [0.5, 0.6) is 0 Å². The minimum atomic E-state index is 0.886. The zero-order chi connectivity index (χ0) is 6.69. The van der Waals surface area contributed by atoms with Crippen molar-refractivity contribution in [3.05, 3.63) is 0 Å². The fourth-order valence-electron chi connectivity index (χ4n) is 1.82. The van der Waals surface area contributed by atoms with Gasteiger partial charge >= 0.3 is 0 Å². The summed E-state index contributed by atoms with van der Waals surface area (Å²) in [6.45, 7) is 0.886. The molecule has 1 saturated carbocycles. The van der Waals surface area contributed by atoms with Crippen molar-refractivity contribution < 1.29 is 0 Å². The maximum absolute atomic E-state index is 5.45. The first-order valence-electron chi connectivity index (χ1n) is 4.03. The largest absolute Gasteiger partial charge is 0.330 e. The molecule has 1 fully saturated rings. The van der Waals surface area contributed by atoms with Crippen LogP contribution in [0.4, 0.5) is 0 Å². The van der Waals surface area contributed by atoms with Gasteiger partial charge in [-0.2, -0.15) is 0 Å². The number of hydrogen-bond acceptors (Lipinski definition) is 1. The van der Waals surface area contributed by atoms with Gasteiger partial charge in [-0.3, -0.25) is 0 Å². The van der Waals surface area contributed by atoms with Gasteiger partial charge in [-0.15, -0.1) is 0 Å². The van der Waals surface area contributed by atoms with Gasteiger partial charge in [0, 0.05) is 0 Å². The van der Waals surface area contributed by atoms with Crippen molar-refractivity contribution in [2.24, 2.45) is 11.7 Å². The highest BCUT2D eigenvalue weighted by Gasteiger charge is 2.19. The molecule has 0 radical (unpaired) electrons. The van der Waals surface area contributed by atoms with Crippen LogP contribution in [-0.2, 0) is 0 Å². The molecule has 1 rings (SSSR count). The molecule has 0 aromatic rings. The van der Waals surface area contributed by atoms with Crippen molar-refractivity contribution in [3.8, 4) is 0 Å². The van der Waals surface area contributed by atoms with Gasteiger partial charge in [0.05, 0.1) is 0 Å². The second-order valence-electron chi connectivity index (χ2n) is 3.36. The summed E-state index contributed by atoms with van der Waals surface area (Å²) in [5.41, 5.74) is 5.45. The van der Waals surface area contributed by atoms with Crippen molar-refractivity contribution in [2.75, 3.05) is 6.54 Å². The highest BCUT2D eigenvalue weighted by atomic mass is 14.5. The zero-order valence-corrected chi connectivity index (χ0v) is 6.27. The van der Waals surface area contributed by atoms with Gasteiger partial charge in [-0.05, 0) is 18.9 Å². The van der Waals surface area contributed by atoms with E-state index in [0.29, 0.717) is 0 Å². The van der Waals surface area contributed by atoms with Crippen LogP contribution in [0.1, 0.15) is 25.7 Å². The molecule has 2 heteroatoms. The summed E-state index contributed by atoms with van der Waals surface area (Å²) in [5.74, 6) is 1.94. The molecule has 52 valence electrons. The van der Waals surface area contributed by atoms with Gasteiger partial charge in [0.1, 0.15) is 7.85 Å². The Morgan fingerprint density at radius 3 is 2.67 bits per heavy atom. The second kappa shape index (κ2) is 3.26. The van der Waals surface area contributed by atoms with Crippen LogP contribution in [0, 0.1) is 5.92 Å². The van der Waals surface area contributed by atoms with Crippen molar-refractivity contribution in [2.45, 2.75) is 31.5 Å². The van der Waals surface area contributed by atoms with Gasteiger partial charge < -0.3 is 5.73 Å². The second-order valence-corrected chi connectivity index (χ2v) is 3.36. The number of rotatable bonds is 2. The van der Waals surface area contributed by atoms with Crippen LogP contribution in [0.2, 0.25) is 5.82 Å². The fourth-order valence-corrected chi connectivity index (χ4v) is 1.82. The lowest BCUT2D eigenvalue weighted by Crippen LogP contribution is -2.05. The lowest BCUT2D eigenvalue weighted by atomic mass is 9.85. The van der Waals surface area contributed by atoms with Crippen LogP contribution in [0.3, 0.4) is 0 Å². The molecule has 1 aliphatic carbocycles. The summed E-state index contributed by atoms with van der Waals surface area (Å²) in [6, 6.07) is 0. The van der Waals surface area contributed by atoms with E-state index in [2.05, 4.69) is 7.85 Å². The van der Waals surface area contributed by atoms with E-state index in [1.165, 1.54) is 25.7 Å². The minimum Gasteiger partial charge on any atom is -0.330 e. The molecule has 0 saturated heterocycles. The quantitative estimate of drug-likeness (QED) is 0.536. The molecule has 2 atom stereocenters. The Morgan fingerprint density at radius 1 is 1.44 bits per heavy atom. The van der Waals surface area contributed by atoms with Crippen LogP contribution in [0.25, 0.3) is 0 Å². The van der Waals surface area contributed by atoms with Gasteiger partial charge in [0.2, 0.25) is 0 Å². The van der Waals surface area contributed by atoms with Crippen LogP contribution in [0.15, 0.2) is 0 Å². The summed E-state index contributed by atoms with van der Waals surface area (Å²) < 4.78 is 0. The normalized spacial score (nSPS) is 35.2. The maximum Gasteiger partial charge on any atom is 0.105 e. The Balaban J connectivity index is 2.14. The molecule has 0 aromatic heterocycles. The SMILES string of the molecule is BC1CCC(CCN)C1. The third-order valence-corrected chi connectivity index (χ3v) is 2.38. The highest BCUT2D eigenvalue weighted by molar-refractivity contribution is 6.11. The summed E-state index contributed by atoms with van der Waals surface area (Å²) in [5, 5.41) is 0. The van der Waals surface area contributed by atoms with Gasteiger partial charge in [0.15, 0.2) is 0 Å². The third-order valence-electron chi connectivity index (χ3n) is 2.38. The molecule has 0 aliphatic heterocycles. The summed E-state index contributed by atoms with van der Waals surface area (Å²) >= 11 is 0. The third kappa shape index (κ3) is 2.01. The predicted molar refractivity (Wildman–Crippen MR) is 43.3 cm³/mol. The molecule has 0 aromatic carbocycles. The molecule has 2 unspecified atom stereocenters. The highest BCUT2D eigenvalue weighted by Crippen LogP contribution is 2.34. The first kappa shape index (κ1) is 7.14. The molecular formula is C7H16BN. The maximum atomic E-state index is 5.45. The zero-order valence-electron chi connectivity index (χ0n) is 6.27.